The summed E-state index contributed by atoms with van der Waals surface area (Å²) in [5, 5.41) is 8.46. The molecule has 2 aromatic rings. The van der Waals surface area contributed by atoms with Gasteiger partial charge in [-0.2, -0.15) is 0 Å². The minimum Gasteiger partial charge on any atom is -0.383 e. The number of carbonyl (C=O) groups excluding carboxylic acids is 1. The highest BCUT2D eigenvalue weighted by atomic mass is 16.5. The Labute approximate surface area is 141 Å². The SMILES string of the molecule is COCCN(CC(C)C)C(=O)CCn1nnc2ccccc2c1=O. The quantitative estimate of drug-likeness (QED) is 0.728. The van der Waals surface area contributed by atoms with Crippen LogP contribution in [0.5, 0.6) is 0 Å². The first-order valence-corrected chi connectivity index (χ1v) is 8.12. The third-order valence-corrected chi connectivity index (χ3v) is 3.67. The van der Waals surface area contributed by atoms with Gasteiger partial charge in [0, 0.05) is 26.6 Å². The Hall–Kier alpha value is -2.28. The van der Waals surface area contributed by atoms with Crippen molar-refractivity contribution in [3.8, 4) is 0 Å². The zero-order chi connectivity index (χ0) is 17.5. The number of aryl methyl sites for hydroxylation is 1. The maximum atomic E-state index is 12.4. The van der Waals surface area contributed by atoms with E-state index in [0.29, 0.717) is 36.5 Å². The van der Waals surface area contributed by atoms with E-state index >= 15 is 0 Å². The lowest BCUT2D eigenvalue weighted by Crippen LogP contribution is -2.38. The Bertz CT molecular complexity index is 742. The predicted octanol–water partition coefficient (Wildman–Crippen LogP) is 1.31. The minimum atomic E-state index is -0.222. The monoisotopic (exact) mass is 332 g/mol. The van der Waals surface area contributed by atoms with E-state index in [2.05, 4.69) is 24.2 Å². The van der Waals surface area contributed by atoms with E-state index in [-0.39, 0.29) is 24.4 Å². The van der Waals surface area contributed by atoms with Gasteiger partial charge in [-0.3, -0.25) is 9.59 Å². The van der Waals surface area contributed by atoms with Crippen LogP contribution in [0.15, 0.2) is 29.1 Å². The molecule has 0 fully saturated rings. The maximum Gasteiger partial charge on any atom is 0.277 e. The molecule has 0 atom stereocenters. The van der Waals surface area contributed by atoms with Gasteiger partial charge < -0.3 is 9.64 Å². The minimum absolute atomic E-state index is 0.0115. The number of methoxy groups -OCH3 is 1. The second-order valence-corrected chi connectivity index (χ2v) is 6.11. The highest BCUT2D eigenvalue weighted by Gasteiger charge is 2.15. The van der Waals surface area contributed by atoms with E-state index in [1.165, 1.54) is 4.68 Å². The summed E-state index contributed by atoms with van der Waals surface area (Å²) in [6, 6.07) is 7.06. The molecule has 1 heterocycles. The molecule has 0 spiro atoms. The highest BCUT2D eigenvalue weighted by molar-refractivity contribution is 5.77. The van der Waals surface area contributed by atoms with Crippen LogP contribution in [-0.2, 0) is 16.1 Å². The number of amides is 1. The normalized spacial score (nSPS) is 11.2. The van der Waals surface area contributed by atoms with E-state index in [0.717, 1.165) is 0 Å². The average molecular weight is 332 g/mol. The van der Waals surface area contributed by atoms with Crippen LogP contribution in [0.2, 0.25) is 0 Å². The van der Waals surface area contributed by atoms with E-state index < -0.39 is 0 Å². The summed E-state index contributed by atoms with van der Waals surface area (Å²) in [5.74, 6) is 0.358. The standard InChI is InChI=1S/C17H24N4O3/c1-13(2)12-20(10-11-24-3)16(22)8-9-21-17(23)14-6-4-5-7-15(14)18-19-21/h4-7,13H,8-12H2,1-3H3. The Balaban J connectivity index is 2.07. The number of fused-ring (bicyclic) bond motifs is 1. The molecule has 130 valence electrons. The maximum absolute atomic E-state index is 12.4. The fourth-order valence-electron chi connectivity index (χ4n) is 2.49. The molecule has 0 saturated carbocycles. The summed E-state index contributed by atoms with van der Waals surface area (Å²) in [6.07, 6.45) is 0.212. The molecule has 0 aliphatic rings. The molecule has 7 nitrogen and oxygen atoms in total. The Morgan fingerprint density at radius 2 is 2.08 bits per heavy atom. The van der Waals surface area contributed by atoms with Gasteiger partial charge in [0.15, 0.2) is 0 Å². The molecule has 0 radical (unpaired) electrons. The van der Waals surface area contributed by atoms with Crippen molar-refractivity contribution in [2.45, 2.75) is 26.8 Å². The van der Waals surface area contributed by atoms with Gasteiger partial charge in [-0.15, -0.1) is 5.10 Å². The zero-order valence-electron chi connectivity index (χ0n) is 14.4. The molecular formula is C17H24N4O3. The molecule has 1 aromatic carbocycles. The van der Waals surface area contributed by atoms with Crippen molar-refractivity contribution in [3.05, 3.63) is 34.6 Å². The fourth-order valence-corrected chi connectivity index (χ4v) is 2.49. The molecule has 7 heteroatoms. The number of ether oxygens (including phenoxy) is 1. The number of hydrogen-bond acceptors (Lipinski definition) is 5. The molecule has 2 rings (SSSR count). The lowest BCUT2D eigenvalue weighted by atomic mass is 10.2. The first-order valence-electron chi connectivity index (χ1n) is 8.12. The summed E-state index contributed by atoms with van der Waals surface area (Å²) < 4.78 is 6.32. The Kier molecular flexibility index (Phi) is 6.43. The number of carbonyl (C=O) groups is 1. The van der Waals surface area contributed by atoms with Crippen LogP contribution in [-0.4, -0.2) is 52.6 Å². The average Bonchev–Trinajstić information content (AvgIpc) is 2.57. The second-order valence-electron chi connectivity index (χ2n) is 6.11. The van der Waals surface area contributed by atoms with Crippen molar-refractivity contribution in [1.82, 2.24) is 19.9 Å². The van der Waals surface area contributed by atoms with Crippen molar-refractivity contribution in [1.29, 1.82) is 0 Å². The summed E-state index contributed by atoms with van der Waals surface area (Å²) in [4.78, 5) is 26.6. The molecule has 0 aliphatic carbocycles. The van der Waals surface area contributed by atoms with Crippen LogP contribution >= 0.6 is 0 Å². The van der Waals surface area contributed by atoms with Crippen LogP contribution < -0.4 is 5.56 Å². The van der Waals surface area contributed by atoms with Crippen molar-refractivity contribution in [3.63, 3.8) is 0 Å². The lowest BCUT2D eigenvalue weighted by Gasteiger charge is -2.24. The zero-order valence-corrected chi connectivity index (χ0v) is 14.4. The van der Waals surface area contributed by atoms with E-state index in [4.69, 9.17) is 4.74 Å². The molecule has 0 N–H and O–H groups in total. The number of nitrogens with zero attached hydrogens (tertiary/aromatic N) is 4. The molecule has 0 bridgehead atoms. The second kappa shape index (κ2) is 8.54. The van der Waals surface area contributed by atoms with Crippen LogP contribution in [0.25, 0.3) is 10.9 Å². The van der Waals surface area contributed by atoms with Crippen LogP contribution in [0.1, 0.15) is 20.3 Å². The lowest BCUT2D eigenvalue weighted by molar-refractivity contribution is -0.132. The first-order chi connectivity index (χ1) is 11.5. The molecule has 0 saturated heterocycles. The number of hydrogen-bond donors (Lipinski definition) is 0. The Morgan fingerprint density at radius 3 is 2.79 bits per heavy atom. The molecule has 24 heavy (non-hydrogen) atoms. The molecule has 1 amide bonds. The number of benzene rings is 1. The largest absolute Gasteiger partial charge is 0.383 e. The van der Waals surface area contributed by atoms with Gasteiger partial charge >= 0.3 is 0 Å². The van der Waals surface area contributed by atoms with Crippen LogP contribution in [0.3, 0.4) is 0 Å². The number of rotatable bonds is 8. The van der Waals surface area contributed by atoms with Crippen molar-refractivity contribution < 1.29 is 9.53 Å². The topological polar surface area (TPSA) is 77.3 Å². The summed E-state index contributed by atoms with van der Waals surface area (Å²) in [6.45, 7) is 6.05. The van der Waals surface area contributed by atoms with Gasteiger partial charge in [0.2, 0.25) is 5.91 Å². The van der Waals surface area contributed by atoms with E-state index in [1.807, 2.05) is 6.07 Å². The van der Waals surface area contributed by atoms with Crippen molar-refractivity contribution in [2.75, 3.05) is 26.8 Å². The summed E-state index contributed by atoms with van der Waals surface area (Å²) >= 11 is 0. The fraction of sp³-hybridized carbons (Fsp3) is 0.529. The summed E-state index contributed by atoms with van der Waals surface area (Å²) in [7, 11) is 1.61. The van der Waals surface area contributed by atoms with Gasteiger partial charge in [-0.25, -0.2) is 4.68 Å². The van der Waals surface area contributed by atoms with Crippen molar-refractivity contribution >= 4 is 16.8 Å². The van der Waals surface area contributed by atoms with E-state index in [9.17, 15) is 9.59 Å². The smallest absolute Gasteiger partial charge is 0.277 e. The number of aromatic nitrogens is 3. The van der Waals surface area contributed by atoms with Crippen LogP contribution in [0, 0.1) is 5.92 Å². The van der Waals surface area contributed by atoms with Crippen LogP contribution in [0.4, 0.5) is 0 Å². The third kappa shape index (κ3) is 4.61. The third-order valence-electron chi connectivity index (χ3n) is 3.67. The Morgan fingerprint density at radius 1 is 1.33 bits per heavy atom. The van der Waals surface area contributed by atoms with Gasteiger partial charge in [0.05, 0.1) is 18.5 Å². The van der Waals surface area contributed by atoms with Gasteiger partial charge in [0.1, 0.15) is 5.52 Å². The van der Waals surface area contributed by atoms with Gasteiger partial charge in [-0.1, -0.05) is 31.2 Å². The predicted molar refractivity (Wildman–Crippen MR) is 91.7 cm³/mol. The van der Waals surface area contributed by atoms with Gasteiger partial charge in [-0.05, 0) is 18.1 Å². The van der Waals surface area contributed by atoms with Crippen molar-refractivity contribution in [2.24, 2.45) is 5.92 Å². The molecule has 1 aromatic heterocycles. The molecular weight excluding hydrogens is 308 g/mol. The summed E-state index contributed by atoms with van der Waals surface area (Å²) in [5.41, 5.74) is 0.340. The van der Waals surface area contributed by atoms with E-state index in [1.54, 1.807) is 30.2 Å². The highest BCUT2D eigenvalue weighted by Crippen LogP contribution is 2.05. The van der Waals surface area contributed by atoms with Gasteiger partial charge in [0.25, 0.3) is 5.56 Å². The first kappa shape index (κ1) is 18.1. The molecule has 0 unspecified atom stereocenters. The molecule has 0 aliphatic heterocycles.